The molecule has 0 unspecified atom stereocenters. The summed E-state index contributed by atoms with van der Waals surface area (Å²) in [6.45, 7) is 0.268. The van der Waals surface area contributed by atoms with E-state index >= 15 is 0 Å². The Kier molecular flexibility index (Phi) is 6.90. The van der Waals surface area contributed by atoms with E-state index < -0.39 is 17.6 Å². The molecule has 0 fully saturated rings. The maximum absolute atomic E-state index is 13.2. The number of benzene rings is 2. The molecule has 0 radical (unpaired) electrons. The Hall–Kier alpha value is -2.93. The molecule has 144 valence electrons. The summed E-state index contributed by atoms with van der Waals surface area (Å²) in [5.74, 6) is -2.08. The molecule has 2 rings (SSSR count). The van der Waals surface area contributed by atoms with Crippen LogP contribution < -0.4 is 15.5 Å². The molecule has 0 aliphatic carbocycles. The fraction of sp³-hybridized carbons (Fsp3) is 0.300. The van der Waals surface area contributed by atoms with Gasteiger partial charge in [-0.15, -0.1) is 0 Å². The van der Waals surface area contributed by atoms with Crippen LogP contribution >= 0.6 is 0 Å². The molecule has 0 saturated heterocycles. The second-order valence-electron chi connectivity index (χ2n) is 6.64. The topological polar surface area (TPSA) is 64.7 Å². The van der Waals surface area contributed by atoms with Crippen molar-refractivity contribution in [1.82, 2.24) is 10.2 Å². The number of carbonyl (C=O) groups excluding carboxylic acids is 2. The Morgan fingerprint density at radius 2 is 1.67 bits per heavy atom. The third-order valence-corrected chi connectivity index (χ3v) is 4.16. The van der Waals surface area contributed by atoms with Gasteiger partial charge in [0.2, 0.25) is 0 Å². The highest BCUT2D eigenvalue weighted by Gasteiger charge is 2.19. The average Bonchev–Trinajstić information content (AvgIpc) is 2.61. The molecule has 0 saturated carbocycles. The van der Waals surface area contributed by atoms with Crippen LogP contribution in [0.4, 0.5) is 15.8 Å². The summed E-state index contributed by atoms with van der Waals surface area (Å²) >= 11 is 0. The zero-order valence-corrected chi connectivity index (χ0v) is 16.0. The molecular formula is C20H25FN4O2. The predicted molar refractivity (Wildman–Crippen MR) is 105 cm³/mol. The number of nitrogens with one attached hydrogen (secondary N) is 2. The number of hydrogen-bond acceptors (Lipinski definition) is 4. The van der Waals surface area contributed by atoms with Crippen molar-refractivity contribution >= 4 is 23.2 Å². The summed E-state index contributed by atoms with van der Waals surface area (Å²) in [6.07, 6.45) is 0. The van der Waals surface area contributed by atoms with E-state index in [0.717, 1.165) is 17.3 Å². The number of carbonyl (C=O) groups is 2. The minimum absolute atomic E-state index is 0.0906. The number of likely N-dealkylation sites (N-methyl/N-ethyl adjacent to an activating group) is 1. The fourth-order valence-corrected chi connectivity index (χ4v) is 2.62. The quantitative estimate of drug-likeness (QED) is 0.764. The lowest BCUT2D eigenvalue weighted by molar-refractivity contribution is -0.136. The third-order valence-electron chi connectivity index (χ3n) is 4.16. The molecule has 0 heterocycles. The normalized spacial score (nSPS) is 11.8. The zero-order chi connectivity index (χ0) is 20.0. The fourth-order valence-electron chi connectivity index (χ4n) is 2.62. The Morgan fingerprint density at radius 3 is 2.22 bits per heavy atom. The van der Waals surface area contributed by atoms with Gasteiger partial charge < -0.3 is 20.4 Å². The lowest BCUT2D eigenvalue weighted by Crippen LogP contribution is -2.40. The minimum Gasteiger partial charge on any atom is -0.378 e. The van der Waals surface area contributed by atoms with Crippen molar-refractivity contribution in [2.45, 2.75) is 6.04 Å². The van der Waals surface area contributed by atoms with Gasteiger partial charge >= 0.3 is 11.8 Å². The summed E-state index contributed by atoms with van der Waals surface area (Å²) in [5.41, 5.74) is 2.34. The van der Waals surface area contributed by atoms with Crippen molar-refractivity contribution in [3.05, 3.63) is 59.9 Å². The first-order chi connectivity index (χ1) is 12.8. The summed E-state index contributed by atoms with van der Waals surface area (Å²) < 4.78 is 13.2. The van der Waals surface area contributed by atoms with E-state index in [1.54, 1.807) is 0 Å². The monoisotopic (exact) mass is 372 g/mol. The molecular weight excluding hydrogens is 347 g/mol. The lowest BCUT2D eigenvalue weighted by Gasteiger charge is -2.25. The standard InChI is InChI=1S/C20H25FN4O2/c1-24(2)17-10-8-14(9-11-17)18(25(3)4)13-22-19(26)20(27)23-16-7-5-6-15(21)12-16/h5-12,18H,13H2,1-4H3,(H,22,26)(H,23,27)/t18-/m1/s1. The molecule has 6 nitrogen and oxygen atoms in total. The molecule has 1 atom stereocenters. The van der Waals surface area contributed by atoms with Gasteiger partial charge in [-0.2, -0.15) is 0 Å². The van der Waals surface area contributed by atoms with Crippen LogP contribution in [0.5, 0.6) is 0 Å². The molecule has 0 aromatic heterocycles. The van der Waals surface area contributed by atoms with E-state index in [0.29, 0.717) is 0 Å². The molecule has 2 aromatic rings. The van der Waals surface area contributed by atoms with E-state index in [4.69, 9.17) is 0 Å². The molecule has 2 N–H and O–H groups in total. The van der Waals surface area contributed by atoms with Gasteiger partial charge in [-0.05, 0) is 50.0 Å². The highest BCUT2D eigenvalue weighted by molar-refractivity contribution is 6.39. The highest BCUT2D eigenvalue weighted by Crippen LogP contribution is 2.21. The van der Waals surface area contributed by atoms with Gasteiger partial charge in [0.25, 0.3) is 0 Å². The van der Waals surface area contributed by atoms with Crippen molar-refractivity contribution in [2.24, 2.45) is 0 Å². The molecule has 0 bridgehead atoms. The van der Waals surface area contributed by atoms with Gasteiger partial charge in [0.15, 0.2) is 0 Å². The van der Waals surface area contributed by atoms with E-state index in [1.807, 2.05) is 62.3 Å². The number of nitrogens with zero attached hydrogens (tertiary/aromatic N) is 2. The molecule has 2 amide bonds. The van der Waals surface area contributed by atoms with Crippen molar-refractivity contribution < 1.29 is 14.0 Å². The molecule has 2 aromatic carbocycles. The van der Waals surface area contributed by atoms with Crippen LogP contribution in [0.2, 0.25) is 0 Å². The first-order valence-electron chi connectivity index (χ1n) is 8.56. The maximum Gasteiger partial charge on any atom is 0.313 e. The molecule has 0 spiro atoms. The third kappa shape index (κ3) is 5.79. The molecule has 7 heteroatoms. The summed E-state index contributed by atoms with van der Waals surface area (Å²) in [5, 5.41) is 5.02. The van der Waals surface area contributed by atoms with Crippen LogP contribution in [-0.2, 0) is 9.59 Å². The van der Waals surface area contributed by atoms with Gasteiger partial charge in [-0.1, -0.05) is 18.2 Å². The van der Waals surface area contributed by atoms with Gasteiger partial charge in [-0.3, -0.25) is 9.59 Å². The Labute approximate surface area is 159 Å². The van der Waals surface area contributed by atoms with E-state index in [9.17, 15) is 14.0 Å². The van der Waals surface area contributed by atoms with Gasteiger partial charge in [-0.25, -0.2) is 4.39 Å². The maximum atomic E-state index is 13.2. The average molecular weight is 372 g/mol. The first-order valence-corrected chi connectivity index (χ1v) is 8.56. The van der Waals surface area contributed by atoms with Crippen LogP contribution in [0.3, 0.4) is 0 Å². The number of amides is 2. The number of anilines is 2. The zero-order valence-electron chi connectivity index (χ0n) is 16.0. The molecule has 27 heavy (non-hydrogen) atoms. The van der Waals surface area contributed by atoms with Crippen molar-refractivity contribution in [1.29, 1.82) is 0 Å². The Morgan fingerprint density at radius 1 is 1.00 bits per heavy atom. The Bertz CT molecular complexity index is 791. The smallest absolute Gasteiger partial charge is 0.313 e. The van der Waals surface area contributed by atoms with Crippen molar-refractivity contribution in [3.8, 4) is 0 Å². The van der Waals surface area contributed by atoms with Crippen molar-refractivity contribution in [3.63, 3.8) is 0 Å². The largest absolute Gasteiger partial charge is 0.378 e. The Balaban J connectivity index is 1.98. The van der Waals surface area contributed by atoms with Crippen LogP contribution in [0.15, 0.2) is 48.5 Å². The van der Waals surface area contributed by atoms with E-state index in [-0.39, 0.29) is 18.3 Å². The molecule has 0 aliphatic heterocycles. The second kappa shape index (κ2) is 9.14. The van der Waals surface area contributed by atoms with Crippen LogP contribution in [0, 0.1) is 5.82 Å². The highest BCUT2D eigenvalue weighted by atomic mass is 19.1. The number of rotatable bonds is 6. The van der Waals surface area contributed by atoms with Gasteiger partial charge in [0, 0.05) is 32.0 Å². The summed E-state index contributed by atoms with van der Waals surface area (Å²) in [7, 11) is 7.75. The number of hydrogen-bond donors (Lipinski definition) is 2. The van der Waals surface area contributed by atoms with Crippen molar-refractivity contribution in [2.75, 3.05) is 45.0 Å². The first kappa shape index (κ1) is 20.4. The van der Waals surface area contributed by atoms with E-state index in [2.05, 4.69) is 10.6 Å². The SMILES string of the molecule is CN(C)c1ccc([C@@H](CNC(=O)C(=O)Nc2cccc(F)c2)N(C)C)cc1. The van der Waals surface area contributed by atoms with Gasteiger partial charge in [0.05, 0.1) is 6.04 Å². The summed E-state index contributed by atoms with van der Waals surface area (Å²) in [6, 6.07) is 13.3. The minimum atomic E-state index is -0.832. The van der Waals surface area contributed by atoms with E-state index in [1.165, 1.54) is 18.2 Å². The predicted octanol–water partition coefficient (Wildman–Crippen LogP) is 2.25. The van der Waals surface area contributed by atoms with Gasteiger partial charge in [0.1, 0.15) is 5.82 Å². The van der Waals surface area contributed by atoms with Crippen LogP contribution in [0.25, 0.3) is 0 Å². The van der Waals surface area contributed by atoms with Crippen LogP contribution in [0.1, 0.15) is 11.6 Å². The second-order valence-corrected chi connectivity index (χ2v) is 6.64. The van der Waals surface area contributed by atoms with Crippen LogP contribution in [-0.4, -0.2) is 51.4 Å². The lowest BCUT2D eigenvalue weighted by atomic mass is 10.1. The number of halogens is 1. The molecule has 0 aliphatic rings. The summed E-state index contributed by atoms with van der Waals surface area (Å²) in [4.78, 5) is 28.1.